The summed E-state index contributed by atoms with van der Waals surface area (Å²) < 4.78 is 0. The van der Waals surface area contributed by atoms with E-state index in [-0.39, 0.29) is 17.1 Å². The highest BCUT2D eigenvalue weighted by molar-refractivity contribution is 6.45. The van der Waals surface area contributed by atoms with Gasteiger partial charge in [0.05, 0.1) is 5.02 Å². The van der Waals surface area contributed by atoms with Gasteiger partial charge < -0.3 is 10.8 Å². The number of nitrogens with zero attached hydrogens (tertiary/aromatic N) is 3. The third kappa shape index (κ3) is 2.46. The van der Waals surface area contributed by atoms with Gasteiger partial charge in [0, 0.05) is 11.6 Å². The number of hydrogen-bond acceptors (Lipinski definition) is 6. The standard InChI is InChI=1S/C12H9ClN6O/c13-7-4-8(18-19-9(5-14)12(15)16)11(20)10-6(7)2-1-3-17-10/h1-4,18,20H,(H3,15,16)/b19-9+. The molecule has 0 unspecified atom stereocenters. The third-order valence-electron chi connectivity index (χ3n) is 2.46. The fourth-order valence-corrected chi connectivity index (χ4v) is 1.80. The molecule has 0 saturated carbocycles. The molecule has 8 heteroatoms. The van der Waals surface area contributed by atoms with Crippen LogP contribution >= 0.6 is 11.6 Å². The summed E-state index contributed by atoms with van der Waals surface area (Å²) in [4.78, 5) is 4.03. The maximum atomic E-state index is 10.1. The summed E-state index contributed by atoms with van der Waals surface area (Å²) in [5.41, 5.74) is 7.77. The maximum Gasteiger partial charge on any atom is 0.201 e. The Morgan fingerprint density at radius 2 is 2.35 bits per heavy atom. The Kier molecular flexibility index (Phi) is 3.68. The van der Waals surface area contributed by atoms with E-state index < -0.39 is 5.84 Å². The van der Waals surface area contributed by atoms with Crippen LogP contribution in [0.15, 0.2) is 29.5 Å². The average molecular weight is 289 g/mol. The van der Waals surface area contributed by atoms with Gasteiger partial charge >= 0.3 is 0 Å². The zero-order valence-corrected chi connectivity index (χ0v) is 10.8. The first-order chi connectivity index (χ1) is 9.54. The summed E-state index contributed by atoms with van der Waals surface area (Å²) in [6.07, 6.45) is 1.52. The Labute approximate surface area is 118 Å². The smallest absolute Gasteiger partial charge is 0.201 e. The van der Waals surface area contributed by atoms with Crippen molar-refractivity contribution in [1.82, 2.24) is 4.98 Å². The molecule has 2 rings (SSSR count). The molecular weight excluding hydrogens is 280 g/mol. The molecule has 0 saturated heterocycles. The summed E-state index contributed by atoms with van der Waals surface area (Å²) in [7, 11) is 0. The number of aromatic hydroxyl groups is 1. The summed E-state index contributed by atoms with van der Waals surface area (Å²) in [6.45, 7) is 0. The van der Waals surface area contributed by atoms with Gasteiger partial charge in [0.25, 0.3) is 0 Å². The normalized spacial score (nSPS) is 11.1. The van der Waals surface area contributed by atoms with E-state index in [9.17, 15) is 5.11 Å². The number of fused-ring (bicyclic) bond motifs is 1. The van der Waals surface area contributed by atoms with Crippen molar-refractivity contribution in [2.24, 2.45) is 10.8 Å². The lowest BCUT2D eigenvalue weighted by atomic mass is 10.2. The van der Waals surface area contributed by atoms with Crippen LogP contribution in [0.2, 0.25) is 5.02 Å². The number of phenols is 1. The highest BCUT2D eigenvalue weighted by atomic mass is 35.5. The van der Waals surface area contributed by atoms with Crippen LogP contribution in [-0.4, -0.2) is 21.6 Å². The van der Waals surface area contributed by atoms with Gasteiger partial charge in [-0.3, -0.25) is 15.8 Å². The van der Waals surface area contributed by atoms with Crippen molar-refractivity contribution >= 4 is 39.7 Å². The van der Waals surface area contributed by atoms with E-state index in [0.29, 0.717) is 15.9 Å². The van der Waals surface area contributed by atoms with Crippen LogP contribution in [0, 0.1) is 16.7 Å². The number of benzene rings is 1. The van der Waals surface area contributed by atoms with Gasteiger partial charge in [-0.2, -0.15) is 10.4 Å². The number of phenolic OH excluding ortho intramolecular Hbond substituents is 1. The Balaban J connectivity index is 2.49. The van der Waals surface area contributed by atoms with E-state index in [1.807, 2.05) is 0 Å². The van der Waals surface area contributed by atoms with Crippen LogP contribution < -0.4 is 11.2 Å². The van der Waals surface area contributed by atoms with E-state index in [1.165, 1.54) is 12.3 Å². The molecule has 0 radical (unpaired) electrons. The highest BCUT2D eigenvalue weighted by Gasteiger charge is 2.11. The van der Waals surface area contributed by atoms with E-state index in [4.69, 9.17) is 28.0 Å². The molecule has 1 aromatic carbocycles. The van der Waals surface area contributed by atoms with Gasteiger partial charge in [0.15, 0.2) is 11.6 Å². The Morgan fingerprint density at radius 1 is 1.60 bits per heavy atom. The number of nitrogens with two attached hydrogens (primary N) is 1. The van der Waals surface area contributed by atoms with Crippen molar-refractivity contribution in [3.63, 3.8) is 0 Å². The third-order valence-corrected chi connectivity index (χ3v) is 2.78. The molecule has 0 fully saturated rings. The topological polar surface area (TPSA) is 131 Å². The van der Waals surface area contributed by atoms with Gasteiger partial charge in [-0.1, -0.05) is 11.6 Å². The number of halogens is 1. The van der Waals surface area contributed by atoms with Crippen LogP contribution in [0.4, 0.5) is 5.69 Å². The number of amidine groups is 1. The zero-order valence-electron chi connectivity index (χ0n) is 10.1. The maximum absolute atomic E-state index is 10.1. The van der Waals surface area contributed by atoms with Gasteiger partial charge in [-0.25, -0.2) is 0 Å². The molecule has 2 aromatic rings. The fraction of sp³-hybridized carbons (Fsp3) is 0. The predicted molar refractivity (Wildman–Crippen MR) is 77.0 cm³/mol. The van der Waals surface area contributed by atoms with Crippen LogP contribution in [-0.2, 0) is 0 Å². The largest absolute Gasteiger partial charge is 0.504 e. The van der Waals surface area contributed by atoms with Gasteiger partial charge in [-0.05, 0) is 18.2 Å². The number of hydrazone groups is 1. The van der Waals surface area contributed by atoms with E-state index in [0.717, 1.165) is 0 Å². The number of pyridine rings is 1. The van der Waals surface area contributed by atoms with Crippen LogP contribution in [0.25, 0.3) is 10.9 Å². The molecular formula is C12H9ClN6O. The van der Waals surface area contributed by atoms with Crippen LogP contribution in [0.1, 0.15) is 0 Å². The number of nitriles is 1. The molecule has 0 amide bonds. The second kappa shape index (κ2) is 5.42. The first-order valence-corrected chi connectivity index (χ1v) is 5.76. The Hall–Kier alpha value is -2.85. The summed E-state index contributed by atoms with van der Waals surface area (Å²) >= 11 is 6.07. The molecule has 100 valence electrons. The molecule has 0 aliphatic carbocycles. The summed E-state index contributed by atoms with van der Waals surface area (Å²) in [5.74, 6) is -0.640. The van der Waals surface area contributed by atoms with Crippen molar-refractivity contribution in [2.75, 3.05) is 5.43 Å². The van der Waals surface area contributed by atoms with Crippen molar-refractivity contribution in [3.8, 4) is 11.8 Å². The first kappa shape index (κ1) is 13.6. The number of anilines is 1. The molecule has 0 atom stereocenters. The second-order valence-corrected chi connectivity index (χ2v) is 4.16. The van der Waals surface area contributed by atoms with Crippen molar-refractivity contribution in [3.05, 3.63) is 29.4 Å². The van der Waals surface area contributed by atoms with Crippen molar-refractivity contribution < 1.29 is 5.11 Å². The molecule has 0 spiro atoms. The minimum Gasteiger partial charge on any atom is -0.504 e. The molecule has 0 aliphatic rings. The number of aromatic nitrogens is 1. The Morgan fingerprint density at radius 3 is 3.00 bits per heavy atom. The number of rotatable bonds is 3. The number of nitrogens with one attached hydrogen (secondary N) is 2. The van der Waals surface area contributed by atoms with Gasteiger partial charge in [-0.15, -0.1) is 0 Å². The molecule has 1 heterocycles. The lowest BCUT2D eigenvalue weighted by Crippen LogP contribution is -2.21. The lowest BCUT2D eigenvalue weighted by molar-refractivity contribution is 0.482. The average Bonchev–Trinajstić information content (AvgIpc) is 2.44. The minimum absolute atomic E-state index is 0.158. The van der Waals surface area contributed by atoms with Crippen molar-refractivity contribution in [2.45, 2.75) is 0 Å². The van der Waals surface area contributed by atoms with E-state index >= 15 is 0 Å². The minimum atomic E-state index is -0.482. The molecule has 5 N–H and O–H groups in total. The van der Waals surface area contributed by atoms with Crippen molar-refractivity contribution in [1.29, 1.82) is 10.7 Å². The Bertz CT molecular complexity index is 764. The molecule has 20 heavy (non-hydrogen) atoms. The SMILES string of the molecule is N#C/C(=N\Nc1cc(Cl)c2cccnc2c1O)C(=N)N. The summed E-state index contributed by atoms with van der Waals surface area (Å²) in [6, 6.07) is 6.51. The lowest BCUT2D eigenvalue weighted by Gasteiger charge is -2.08. The molecule has 7 nitrogen and oxygen atoms in total. The fourth-order valence-electron chi connectivity index (χ4n) is 1.53. The van der Waals surface area contributed by atoms with Crippen LogP contribution in [0.5, 0.6) is 5.75 Å². The summed E-state index contributed by atoms with van der Waals surface area (Å²) in [5, 5.41) is 30.5. The number of hydrogen-bond donors (Lipinski definition) is 4. The van der Waals surface area contributed by atoms with Gasteiger partial charge in [0.2, 0.25) is 5.71 Å². The molecule has 0 bridgehead atoms. The molecule has 0 aliphatic heterocycles. The zero-order chi connectivity index (χ0) is 14.7. The second-order valence-electron chi connectivity index (χ2n) is 3.75. The predicted octanol–water partition coefficient (Wildman–Crippen LogP) is 1.82. The highest BCUT2D eigenvalue weighted by Crippen LogP contribution is 2.36. The monoisotopic (exact) mass is 288 g/mol. The first-order valence-electron chi connectivity index (χ1n) is 5.39. The van der Waals surface area contributed by atoms with E-state index in [1.54, 1.807) is 18.2 Å². The van der Waals surface area contributed by atoms with Crippen LogP contribution in [0.3, 0.4) is 0 Å². The van der Waals surface area contributed by atoms with Gasteiger partial charge in [0.1, 0.15) is 17.3 Å². The molecule has 1 aromatic heterocycles. The quantitative estimate of drug-likeness (QED) is 0.296. The van der Waals surface area contributed by atoms with E-state index in [2.05, 4.69) is 15.5 Å².